The number of nitrogens with one attached hydrogen (secondary N) is 1. The molecule has 0 fully saturated rings. The summed E-state index contributed by atoms with van der Waals surface area (Å²) in [5.41, 5.74) is 0.609. The molecule has 1 unspecified atom stereocenters. The summed E-state index contributed by atoms with van der Waals surface area (Å²) in [6.45, 7) is 5.71. The number of rotatable bonds is 7. The van der Waals surface area contributed by atoms with Crippen molar-refractivity contribution in [3.63, 3.8) is 0 Å². The predicted molar refractivity (Wildman–Crippen MR) is 104 cm³/mol. The van der Waals surface area contributed by atoms with Crippen LogP contribution in [0.2, 0.25) is 0 Å². The number of nitrogens with zero attached hydrogens (tertiary/aromatic N) is 2. The lowest BCUT2D eigenvalue weighted by Crippen LogP contribution is -2.25. The molecule has 0 bridgehead atoms. The first-order valence-electron chi connectivity index (χ1n) is 8.66. The molecule has 1 atom stereocenters. The third kappa shape index (κ3) is 5.01. The highest BCUT2D eigenvalue weighted by Crippen LogP contribution is 2.34. The van der Waals surface area contributed by atoms with Crippen molar-refractivity contribution in [3.05, 3.63) is 42.3 Å². The fourth-order valence-electron chi connectivity index (χ4n) is 2.32. The Kier molecular flexibility index (Phi) is 6.15. The molecule has 0 aliphatic heterocycles. The number of hydrogen-bond acceptors (Lipinski definition) is 8. The second-order valence-corrected chi connectivity index (χ2v) is 7.20. The van der Waals surface area contributed by atoms with Crippen LogP contribution in [-0.4, -0.2) is 29.4 Å². The maximum absolute atomic E-state index is 11.3. The standard InChI is InChI=1S/C19H21N3O5S/c1-11(2)25-13-6-5-7-14(8-13)26-19-20-10-17(28-19)15-9-16(27-22-15)12(3)21-18(23)24-4/h5-12H,1-4H3,(H,21,23). The zero-order chi connectivity index (χ0) is 20.1. The molecular weight excluding hydrogens is 382 g/mol. The van der Waals surface area contributed by atoms with Gasteiger partial charge in [-0.25, -0.2) is 9.78 Å². The Balaban J connectivity index is 1.68. The molecule has 28 heavy (non-hydrogen) atoms. The third-order valence-electron chi connectivity index (χ3n) is 3.59. The first-order valence-corrected chi connectivity index (χ1v) is 9.48. The van der Waals surface area contributed by atoms with Crippen molar-refractivity contribution in [3.8, 4) is 27.3 Å². The molecule has 3 rings (SSSR count). The average Bonchev–Trinajstić information content (AvgIpc) is 3.30. The summed E-state index contributed by atoms with van der Waals surface area (Å²) in [5, 5.41) is 7.13. The molecule has 0 spiro atoms. The van der Waals surface area contributed by atoms with Crippen LogP contribution in [0, 0.1) is 0 Å². The summed E-state index contributed by atoms with van der Waals surface area (Å²) in [5.74, 6) is 1.88. The lowest BCUT2D eigenvalue weighted by molar-refractivity contribution is 0.165. The number of alkyl carbamates (subject to hydrolysis) is 1. The van der Waals surface area contributed by atoms with E-state index in [1.807, 2.05) is 38.1 Å². The van der Waals surface area contributed by atoms with Crippen LogP contribution >= 0.6 is 11.3 Å². The number of ether oxygens (including phenoxy) is 3. The number of methoxy groups -OCH3 is 1. The number of benzene rings is 1. The molecule has 0 aliphatic rings. The SMILES string of the molecule is COC(=O)NC(C)c1cc(-c2cnc(Oc3cccc(OC(C)C)c3)s2)no1. The zero-order valence-corrected chi connectivity index (χ0v) is 16.8. The lowest BCUT2D eigenvalue weighted by Gasteiger charge is -2.10. The minimum Gasteiger partial charge on any atom is -0.491 e. The van der Waals surface area contributed by atoms with Crippen molar-refractivity contribution in [1.29, 1.82) is 0 Å². The van der Waals surface area contributed by atoms with E-state index in [1.165, 1.54) is 18.4 Å². The molecule has 0 radical (unpaired) electrons. The highest BCUT2D eigenvalue weighted by molar-refractivity contribution is 7.16. The highest BCUT2D eigenvalue weighted by Gasteiger charge is 2.17. The molecule has 1 aromatic carbocycles. The van der Waals surface area contributed by atoms with E-state index in [-0.39, 0.29) is 12.1 Å². The Morgan fingerprint density at radius 3 is 2.75 bits per heavy atom. The van der Waals surface area contributed by atoms with E-state index >= 15 is 0 Å². The Morgan fingerprint density at radius 1 is 1.21 bits per heavy atom. The number of aromatic nitrogens is 2. The van der Waals surface area contributed by atoms with E-state index in [2.05, 4.69) is 20.2 Å². The summed E-state index contributed by atoms with van der Waals surface area (Å²) < 4.78 is 21.4. The van der Waals surface area contributed by atoms with Gasteiger partial charge in [0.2, 0.25) is 0 Å². The van der Waals surface area contributed by atoms with E-state index in [4.69, 9.17) is 14.0 Å². The molecule has 8 nitrogen and oxygen atoms in total. The maximum Gasteiger partial charge on any atom is 0.407 e. The van der Waals surface area contributed by atoms with Gasteiger partial charge in [0.15, 0.2) is 5.76 Å². The van der Waals surface area contributed by atoms with Gasteiger partial charge < -0.3 is 24.1 Å². The quantitative estimate of drug-likeness (QED) is 0.605. The van der Waals surface area contributed by atoms with Crippen LogP contribution < -0.4 is 14.8 Å². The lowest BCUT2D eigenvalue weighted by atomic mass is 10.2. The largest absolute Gasteiger partial charge is 0.491 e. The monoisotopic (exact) mass is 403 g/mol. The fourth-order valence-corrected chi connectivity index (χ4v) is 3.06. The van der Waals surface area contributed by atoms with Crippen molar-refractivity contribution in [1.82, 2.24) is 15.5 Å². The van der Waals surface area contributed by atoms with Gasteiger partial charge >= 0.3 is 6.09 Å². The van der Waals surface area contributed by atoms with Gasteiger partial charge in [-0.3, -0.25) is 0 Å². The number of hydrogen-bond donors (Lipinski definition) is 1. The van der Waals surface area contributed by atoms with Crippen molar-refractivity contribution < 1.29 is 23.5 Å². The Hall–Kier alpha value is -3.07. The molecule has 1 N–H and O–H groups in total. The Bertz CT molecular complexity index is 937. The van der Waals surface area contributed by atoms with Crippen LogP contribution in [0.25, 0.3) is 10.6 Å². The number of carbonyl (C=O) groups is 1. The van der Waals surface area contributed by atoms with Crippen molar-refractivity contribution in [2.24, 2.45) is 0 Å². The van der Waals surface area contributed by atoms with Crippen LogP contribution in [-0.2, 0) is 4.74 Å². The average molecular weight is 403 g/mol. The molecule has 3 aromatic rings. The molecule has 9 heteroatoms. The van der Waals surface area contributed by atoms with Crippen LogP contribution in [0.4, 0.5) is 4.79 Å². The molecule has 1 amide bonds. The van der Waals surface area contributed by atoms with Crippen LogP contribution in [0.1, 0.15) is 32.6 Å². The number of carbonyl (C=O) groups excluding carboxylic acids is 1. The number of thiazole rings is 1. The molecule has 2 heterocycles. The molecular formula is C19H21N3O5S. The highest BCUT2D eigenvalue weighted by atomic mass is 32.1. The maximum atomic E-state index is 11.3. The fraction of sp³-hybridized carbons (Fsp3) is 0.316. The van der Waals surface area contributed by atoms with E-state index in [1.54, 1.807) is 19.2 Å². The second-order valence-electron chi connectivity index (χ2n) is 6.21. The van der Waals surface area contributed by atoms with Crippen molar-refractivity contribution in [2.45, 2.75) is 32.9 Å². The molecule has 2 aromatic heterocycles. The first-order chi connectivity index (χ1) is 13.4. The van der Waals surface area contributed by atoms with Gasteiger partial charge in [0, 0.05) is 12.1 Å². The van der Waals surface area contributed by atoms with Gasteiger partial charge in [0.05, 0.1) is 30.3 Å². The summed E-state index contributed by atoms with van der Waals surface area (Å²) in [7, 11) is 1.30. The van der Waals surface area contributed by atoms with Gasteiger partial charge in [0.1, 0.15) is 17.2 Å². The van der Waals surface area contributed by atoms with Gasteiger partial charge in [-0.05, 0) is 32.9 Å². The number of amides is 1. The normalized spacial score (nSPS) is 11.9. The summed E-state index contributed by atoms with van der Waals surface area (Å²) in [4.78, 5) is 16.4. The summed E-state index contributed by atoms with van der Waals surface area (Å²) >= 11 is 1.34. The minimum atomic E-state index is -0.539. The zero-order valence-electron chi connectivity index (χ0n) is 16.0. The summed E-state index contributed by atoms with van der Waals surface area (Å²) in [6, 6.07) is 8.76. The Labute approximate surface area is 166 Å². The smallest absolute Gasteiger partial charge is 0.407 e. The van der Waals surface area contributed by atoms with Crippen LogP contribution in [0.3, 0.4) is 0 Å². The Morgan fingerprint density at radius 2 is 2.00 bits per heavy atom. The van der Waals surface area contributed by atoms with Crippen LogP contribution in [0.15, 0.2) is 41.1 Å². The van der Waals surface area contributed by atoms with E-state index in [0.717, 1.165) is 10.6 Å². The van der Waals surface area contributed by atoms with Gasteiger partial charge in [-0.15, -0.1) is 0 Å². The van der Waals surface area contributed by atoms with Crippen molar-refractivity contribution >= 4 is 17.4 Å². The van der Waals surface area contributed by atoms with Gasteiger partial charge in [0.25, 0.3) is 5.19 Å². The first kappa shape index (κ1) is 19.7. The molecule has 0 saturated carbocycles. The van der Waals surface area contributed by atoms with E-state index < -0.39 is 6.09 Å². The van der Waals surface area contributed by atoms with E-state index in [9.17, 15) is 4.79 Å². The second kappa shape index (κ2) is 8.75. The minimum absolute atomic E-state index is 0.0825. The molecule has 0 saturated heterocycles. The molecule has 0 aliphatic carbocycles. The third-order valence-corrected chi connectivity index (χ3v) is 4.49. The van der Waals surface area contributed by atoms with E-state index in [0.29, 0.717) is 22.4 Å². The van der Waals surface area contributed by atoms with Crippen LogP contribution in [0.5, 0.6) is 16.7 Å². The predicted octanol–water partition coefficient (Wildman–Crippen LogP) is 4.79. The topological polar surface area (TPSA) is 95.7 Å². The summed E-state index contributed by atoms with van der Waals surface area (Å²) in [6.07, 6.45) is 1.20. The van der Waals surface area contributed by atoms with Gasteiger partial charge in [-0.2, -0.15) is 0 Å². The van der Waals surface area contributed by atoms with Gasteiger partial charge in [-0.1, -0.05) is 22.6 Å². The molecule has 148 valence electrons. The van der Waals surface area contributed by atoms with Crippen molar-refractivity contribution in [2.75, 3.05) is 7.11 Å².